The van der Waals surface area contributed by atoms with Gasteiger partial charge in [0.1, 0.15) is 0 Å². The van der Waals surface area contributed by atoms with E-state index in [1.165, 1.54) is 32.1 Å². The number of hydrogen-bond donors (Lipinski definition) is 2. The van der Waals surface area contributed by atoms with Gasteiger partial charge < -0.3 is 11.1 Å². The Morgan fingerprint density at radius 2 is 1.88 bits per heavy atom. The van der Waals surface area contributed by atoms with Crippen molar-refractivity contribution in [1.29, 1.82) is 0 Å². The lowest BCUT2D eigenvalue weighted by atomic mass is 10.00. The molecule has 0 aliphatic heterocycles. The summed E-state index contributed by atoms with van der Waals surface area (Å²) in [7, 11) is 0. The molecule has 1 unspecified atom stereocenters. The summed E-state index contributed by atoms with van der Waals surface area (Å²) in [5.74, 6) is 1.31. The molecule has 0 aliphatic carbocycles. The van der Waals surface area contributed by atoms with Crippen LogP contribution >= 0.6 is 0 Å². The molecule has 0 saturated heterocycles. The third-order valence-electron chi connectivity index (χ3n) is 2.90. The van der Waals surface area contributed by atoms with Crippen LogP contribution in [0.15, 0.2) is 4.99 Å². The number of hydrogen-bond acceptors (Lipinski definition) is 1. The highest BCUT2D eigenvalue weighted by molar-refractivity contribution is 5.77. The van der Waals surface area contributed by atoms with E-state index in [2.05, 4.69) is 31.1 Å². The minimum absolute atomic E-state index is 0.614. The van der Waals surface area contributed by atoms with Crippen LogP contribution in [0.3, 0.4) is 0 Å². The van der Waals surface area contributed by atoms with Crippen LogP contribution in [-0.2, 0) is 0 Å². The van der Waals surface area contributed by atoms with Crippen molar-refractivity contribution in [2.45, 2.75) is 59.3 Å². The second-order valence-corrected chi connectivity index (χ2v) is 4.42. The van der Waals surface area contributed by atoms with Crippen molar-refractivity contribution >= 4 is 5.96 Å². The molecule has 0 radical (unpaired) electrons. The van der Waals surface area contributed by atoms with Crippen LogP contribution in [-0.4, -0.2) is 19.0 Å². The summed E-state index contributed by atoms with van der Waals surface area (Å²) in [5.41, 5.74) is 5.79. The summed E-state index contributed by atoms with van der Waals surface area (Å²) < 4.78 is 0. The predicted octanol–water partition coefficient (Wildman–Crippen LogP) is 2.91. The number of nitrogens with zero attached hydrogens (tertiary/aromatic N) is 1. The SMILES string of the molecule is CCCCNC(N)=NCC(CC)CCCC. The van der Waals surface area contributed by atoms with Crippen LogP contribution in [0.5, 0.6) is 0 Å². The molecule has 3 heteroatoms. The van der Waals surface area contributed by atoms with E-state index in [0.717, 1.165) is 19.5 Å². The molecule has 0 saturated carbocycles. The molecule has 0 aromatic carbocycles. The number of unbranched alkanes of at least 4 members (excludes halogenated alkanes) is 2. The van der Waals surface area contributed by atoms with E-state index >= 15 is 0 Å². The molecule has 0 aromatic heterocycles. The molecule has 96 valence electrons. The quantitative estimate of drug-likeness (QED) is 0.361. The molecule has 1 atom stereocenters. The number of nitrogens with one attached hydrogen (secondary N) is 1. The van der Waals surface area contributed by atoms with Crippen molar-refractivity contribution in [3.8, 4) is 0 Å². The molecular formula is C13H29N3. The molecule has 0 rings (SSSR count). The Kier molecular flexibility index (Phi) is 10.3. The zero-order valence-corrected chi connectivity index (χ0v) is 11.3. The molecule has 0 amide bonds. The first kappa shape index (κ1) is 15.3. The summed E-state index contributed by atoms with van der Waals surface area (Å²) in [6.45, 7) is 8.46. The van der Waals surface area contributed by atoms with Crippen molar-refractivity contribution in [3.05, 3.63) is 0 Å². The summed E-state index contributed by atoms with van der Waals surface area (Å²) >= 11 is 0. The van der Waals surface area contributed by atoms with Gasteiger partial charge in [-0.25, -0.2) is 0 Å². The normalized spacial score (nSPS) is 13.8. The fraction of sp³-hybridized carbons (Fsp3) is 0.923. The fourth-order valence-corrected chi connectivity index (χ4v) is 1.59. The minimum atomic E-state index is 0.614. The monoisotopic (exact) mass is 227 g/mol. The average molecular weight is 227 g/mol. The fourth-order valence-electron chi connectivity index (χ4n) is 1.59. The highest BCUT2D eigenvalue weighted by Gasteiger charge is 2.04. The summed E-state index contributed by atoms with van der Waals surface area (Å²) in [6, 6.07) is 0. The highest BCUT2D eigenvalue weighted by Crippen LogP contribution is 2.12. The lowest BCUT2D eigenvalue weighted by Gasteiger charge is -2.12. The zero-order chi connectivity index (χ0) is 12.2. The van der Waals surface area contributed by atoms with Gasteiger partial charge >= 0.3 is 0 Å². The van der Waals surface area contributed by atoms with Gasteiger partial charge in [-0.1, -0.05) is 46.5 Å². The van der Waals surface area contributed by atoms with Crippen LogP contribution < -0.4 is 11.1 Å². The van der Waals surface area contributed by atoms with Crippen LogP contribution in [0.25, 0.3) is 0 Å². The molecule has 16 heavy (non-hydrogen) atoms. The third kappa shape index (κ3) is 8.57. The first-order chi connectivity index (χ1) is 7.74. The number of aliphatic imine (C=N–C) groups is 1. The van der Waals surface area contributed by atoms with Crippen molar-refractivity contribution in [1.82, 2.24) is 5.32 Å². The van der Waals surface area contributed by atoms with E-state index in [0.29, 0.717) is 11.9 Å². The zero-order valence-electron chi connectivity index (χ0n) is 11.3. The number of rotatable bonds is 9. The number of guanidine groups is 1. The van der Waals surface area contributed by atoms with Gasteiger partial charge in [0.25, 0.3) is 0 Å². The Labute approximate surface area is 101 Å². The van der Waals surface area contributed by atoms with Gasteiger partial charge in [-0.05, 0) is 18.8 Å². The summed E-state index contributed by atoms with van der Waals surface area (Å²) in [4.78, 5) is 4.40. The van der Waals surface area contributed by atoms with Gasteiger partial charge in [0.05, 0.1) is 0 Å². The summed E-state index contributed by atoms with van der Waals surface area (Å²) in [6.07, 6.45) is 7.39. The molecule has 0 heterocycles. The first-order valence-electron chi connectivity index (χ1n) is 6.78. The van der Waals surface area contributed by atoms with Crippen molar-refractivity contribution in [3.63, 3.8) is 0 Å². The molecule has 0 bridgehead atoms. The Bertz CT molecular complexity index is 178. The molecule has 0 fully saturated rings. The van der Waals surface area contributed by atoms with Crippen LogP contribution in [0, 0.1) is 5.92 Å². The molecule has 3 N–H and O–H groups in total. The van der Waals surface area contributed by atoms with Crippen molar-refractivity contribution in [2.75, 3.05) is 13.1 Å². The van der Waals surface area contributed by atoms with E-state index in [9.17, 15) is 0 Å². The van der Waals surface area contributed by atoms with E-state index in [1.54, 1.807) is 0 Å². The highest BCUT2D eigenvalue weighted by atomic mass is 15.1. The average Bonchev–Trinajstić information content (AvgIpc) is 2.30. The van der Waals surface area contributed by atoms with E-state index in [4.69, 9.17) is 5.73 Å². The summed E-state index contributed by atoms with van der Waals surface area (Å²) in [5, 5.41) is 3.15. The van der Waals surface area contributed by atoms with Crippen molar-refractivity contribution in [2.24, 2.45) is 16.6 Å². The Hall–Kier alpha value is -0.730. The van der Waals surface area contributed by atoms with Crippen LogP contribution in [0.2, 0.25) is 0 Å². The maximum atomic E-state index is 5.79. The van der Waals surface area contributed by atoms with E-state index in [1.807, 2.05) is 0 Å². The molecule has 0 spiro atoms. The van der Waals surface area contributed by atoms with Gasteiger partial charge in [0, 0.05) is 13.1 Å². The second-order valence-electron chi connectivity index (χ2n) is 4.42. The standard InChI is InChI=1S/C13H29N3/c1-4-7-9-12(6-3)11-16-13(14)15-10-8-5-2/h12H,4-11H2,1-3H3,(H3,14,15,16). The lowest BCUT2D eigenvalue weighted by molar-refractivity contribution is 0.462. The second kappa shape index (κ2) is 10.8. The van der Waals surface area contributed by atoms with E-state index < -0.39 is 0 Å². The minimum Gasteiger partial charge on any atom is -0.370 e. The van der Waals surface area contributed by atoms with Crippen LogP contribution in [0.4, 0.5) is 0 Å². The first-order valence-corrected chi connectivity index (χ1v) is 6.78. The molecule has 0 aliphatic rings. The van der Waals surface area contributed by atoms with Crippen LogP contribution in [0.1, 0.15) is 59.3 Å². The third-order valence-corrected chi connectivity index (χ3v) is 2.90. The maximum absolute atomic E-state index is 5.79. The van der Waals surface area contributed by atoms with Crippen molar-refractivity contribution < 1.29 is 0 Å². The smallest absolute Gasteiger partial charge is 0.188 e. The Morgan fingerprint density at radius 3 is 2.44 bits per heavy atom. The largest absolute Gasteiger partial charge is 0.370 e. The molecule has 3 nitrogen and oxygen atoms in total. The van der Waals surface area contributed by atoms with Gasteiger partial charge in [-0.15, -0.1) is 0 Å². The Balaban J connectivity index is 3.73. The number of nitrogens with two attached hydrogens (primary N) is 1. The lowest BCUT2D eigenvalue weighted by Crippen LogP contribution is -2.32. The van der Waals surface area contributed by atoms with Gasteiger partial charge in [-0.2, -0.15) is 0 Å². The molecule has 0 aromatic rings. The van der Waals surface area contributed by atoms with Gasteiger partial charge in [0.15, 0.2) is 5.96 Å². The molecular weight excluding hydrogens is 198 g/mol. The predicted molar refractivity (Wildman–Crippen MR) is 72.7 cm³/mol. The van der Waals surface area contributed by atoms with E-state index in [-0.39, 0.29) is 0 Å². The van der Waals surface area contributed by atoms with Gasteiger partial charge in [0.2, 0.25) is 0 Å². The maximum Gasteiger partial charge on any atom is 0.188 e. The van der Waals surface area contributed by atoms with Gasteiger partial charge in [-0.3, -0.25) is 4.99 Å². The topological polar surface area (TPSA) is 50.4 Å². The Morgan fingerprint density at radius 1 is 1.19 bits per heavy atom.